The number of hydrogen-bond acceptors (Lipinski definition) is 6. The predicted molar refractivity (Wildman–Crippen MR) is 134 cm³/mol. The third kappa shape index (κ3) is 3.95. The van der Waals surface area contributed by atoms with Crippen molar-refractivity contribution in [3.63, 3.8) is 0 Å². The maximum absolute atomic E-state index is 15.2. The fourth-order valence-corrected chi connectivity index (χ4v) is 5.04. The van der Waals surface area contributed by atoms with Crippen molar-refractivity contribution in [2.45, 2.75) is 25.4 Å². The molecule has 2 aliphatic rings. The number of halogens is 1. The van der Waals surface area contributed by atoms with Crippen LogP contribution in [-0.4, -0.2) is 56.8 Å². The van der Waals surface area contributed by atoms with E-state index < -0.39 is 17.2 Å². The van der Waals surface area contributed by atoms with Crippen molar-refractivity contribution in [3.8, 4) is 5.75 Å². The van der Waals surface area contributed by atoms with E-state index in [0.717, 1.165) is 23.9 Å². The third-order valence-electron chi connectivity index (χ3n) is 7.13. The Morgan fingerprint density at radius 2 is 1.86 bits per heavy atom. The smallest absolute Gasteiger partial charge is 0.341 e. The third-order valence-corrected chi connectivity index (χ3v) is 7.13. The summed E-state index contributed by atoms with van der Waals surface area (Å²) in [6, 6.07) is 12.3. The van der Waals surface area contributed by atoms with Gasteiger partial charge in [-0.15, -0.1) is 0 Å². The van der Waals surface area contributed by atoms with Crippen molar-refractivity contribution in [2.24, 2.45) is 0 Å². The largest absolute Gasteiger partial charge is 0.506 e. The highest BCUT2D eigenvalue weighted by atomic mass is 19.1. The first kappa shape index (κ1) is 22.5. The van der Waals surface area contributed by atoms with Crippen LogP contribution in [0.15, 0.2) is 53.5 Å². The Morgan fingerprint density at radius 1 is 1.08 bits per heavy atom. The molecule has 0 radical (unpaired) electrons. The Hall–Kier alpha value is -3.98. The van der Waals surface area contributed by atoms with Crippen LogP contribution in [0.2, 0.25) is 0 Å². The van der Waals surface area contributed by atoms with E-state index in [1.54, 1.807) is 18.2 Å². The van der Waals surface area contributed by atoms with Gasteiger partial charge in [0, 0.05) is 55.7 Å². The molecule has 36 heavy (non-hydrogen) atoms. The molecule has 2 fully saturated rings. The Kier molecular flexibility index (Phi) is 5.37. The quantitative estimate of drug-likeness (QED) is 0.441. The molecule has 1 aliphatic heterocycles. The molecule has 0 atom stereocenters. The van der Waals surface area contributed by atoms with E-state index in [0.29, 0.717) is 49.4 Å². The van der Waals surface area contributed by atoms with Gasteiger partial charge in [-0.1, -0.05) is 18.2 Å². The Bertz CT molecular complexity index is 1570. The fraction of sp³-hybridized carbons (Fsp3) is 0.296. The van der Waals surface area contributed by atoms with Crippen molar-refractivity contribution in [3.05, 3.63) is 76.0 Å². The number of aromatic carboxylic acids is 1. The molecule has 2 aromatic heterocycles. The van der Waals surface area contributed by atoms with Gasteiger partial charge in [0.05, 0.1) is 16.9 Å². The summed E-state index contributed by atoms with van der Waals surface area (Å²) in [5.41, 5.74) is 1.46. The van der Waals surface area contributed by atoms with E-state index in [1.165, 1.54) is 12.3 Å². The van der Waals surface area contributed by atoms with Crippen LogP contribution in [0.4, 0.5) is 10.1 Å². The fourth-order valence-electron chi connectivity index (χ4n) is 5.04. The van der Waals surface area contributed by atoms with Crippen LogP contribution < -0.4 is 10.3 Å². The molecule has 0 unspecified atom stereocenters. The van der Waals surface area contributed by atoms with Crippen LogP contribution in [0.5, 0.6) is 5.75 Å². The number of piperazine rings is 1. The molecule has 2 N–H and O–H groups in total. The normalized spacial score (nSPS) is 16.6. The highest BCUT2D eigenvalue weighted by molar-refractivity contribution is 5.93. The van der Waals surface area contributed by atoms with Crippen LogP contribution in [0.3, 0.4) is 0 Å². The van der Waals surface area contributed by atoms with Crippen LogP contribution in [-0.2, 0) is 6.54 Å². The Morgan fingerprint density at radius 3 is 2.58 bits per heavy atom. The molecule has 3 heterocycles. The molecule has 6 rings (SSSR count). The first-order valence-corrected chi connectivity index (χ1v) is 12.1. The van der Waals surface area contributed by atoms with Gasteiger partial charge in [-0.25, -0.2) is 14.2 Å². The first-order chi connectivity index (χ1) is 17.4. The van der Waals surface area contributed by atoms with Gasteiger partial charge in [0.15, 0.2) is 0 Å². The van der Waals surface area contributed by atoms with Gasteiger partial charge in [0.2, 0.25) is 5.43 Å². The van der Waals surface area contributed by atoms with Gasteiger partial charge in [0.1, 0.15) is 22.6 Å². The molecule has 4 aromatic rings. The van der Waals surface area contributed by atoms with Crippen LogP contribution >= 0.6 is 0 Å². The number of fused-ring (bicyclic) bond motifs is 2. The van der Waals surface area contributed by atoms with Crippen LogP contribution in [0, 0.1) is 5.82 Å². The number of nitrogens with zero attached hydrogens (tertiary/aromatic N) is 4. The average Bonchev–Trinajstić information content (AvgIpc) is 3.71. The second kappa shape index (κ2) is 8.60. The van der Waals surface area contributed by atoms with Crippen molar-refractivity contribution in [2.75, 3.05) is 31.1 Å². The predicted octanol–water partition coefficient (Wildman–Crippen LogP) is 3.75. The number of hydrogen-bond donors (Lipinski definition) is 2. The summed E-state index contributed by atoms with van der Waals surface area (Å²) in [6.07, 6.45) is 3.21. The number of para-hydroxylation sites is 1. The molecule has 9 heteroatoms. The summed E-state index contributed by atoms with van der Waals surface area (Å²) in [7, 11) is 0. The summed E-state index contributed by atoms with van der Waals surface area (Å²) in [4.78, 5) is 33.1. The number of aromatic nitrogens is 2. The second-order valence-electron chi connectivity index (χ2n) is 9.55. The average molecular weight is 489 g/mol. The molecule has 1 aliphatic carbocycles. The van der Waals surface area contributed by atoms with Crippen LogP contribution in [0.25, 0.3) is 21.8 Å². The number of carboxylic acids is 1. The molecule has 0 spiro atoms. The maximum atomic E-state index is 15.2. The lowest BCUT2D eigenvalue weighted by atomic mass is 10.1. The summed E-state index contributed by atoms with van der Waals surface area (Å²) in [5, 5.41) is 20.5. The summed E-state index contributed by atoms with van der Waals surface area (Å²) in [6.45, 7) is 3.22. The highest BCUT2D eigenvalue weighted by Crippen LogP contribution is 2.38. The number of phenols is 1. The number of aromatic hydroxyl groups is 1. The Balaban J connectivity index is 1.24. The molecular formula is C27H25FN4O4. The van der Waals surface area contributed by atoms with Gasteiger partial charge in [-0.05, 0) is 37.1 Å². The highest BCUT2D eigenvalue weighted by Gasteiger charge is 2.28. The maximum Gasteiger partial charge on any atom is 0.341 e. The lowest BCUT2D eigenvalue weighted by molar-refractivity contribution is 0.0695. The molecule has 1 saturated heterocycles. The number of phenolic OH excluding ortho intramolecular Hbond substituents is 1. The second-order valence-corrected chi connectivity index (χ2v) is 9.55. The van der Waals surface area contributed by atoms with Gasteiger partial charge in [-0.3, -0.25) is 9.69 Å². The molecule has 184 valence electrons. The van der Waals surface area contributed by atoms with E-state index in [1.807, 2.05) is 27.7 Å². The Labute approximate surface area is 205 Å². The topological polar surface area (TPSA) is 98.9 Å². The zero-order valence-electron chi connectivity index (χ0n) is 19.5. The molecule has 8 nitrogen and oxygen atoms in total. The minimum Gasteiger partial charge on any atom is -0.506 e. The van der Waals surface area contributed by atoms with Crippen molar-refractivity contribution < 1.29 is 19.4 Å². The number of carbonyl (C=O) groups is 1. The number of anilines is 1. The van der Waals surface area contributed by atoms with Gasteiger partial charge < -0.3 is 19.7 Å². The van der Waals surface area contributed by atoms with E-state index in [2.05, 4.69) is 9.88 Å². The summed E-state index contributed by atoms with van der Waals surface area (Å²) in [5.74, 6) is -1.66. The van der Waals surface area contributed by atoms with E-state index >= 15 is 4.39 Å². The lowest BCUT2D eigenvalue weighted by Crippen LogP contribution is -2.46. The standard InChI is InChI=1S/C27H25FN4O4/c28-21-12-19-22(32(18-6-7-18)15-20(26(19)34)27(35)36)13-23(21)31-10-8-30(9-11-31)14-17-5-4-16-2-1-3-24(33)25(16)29-17/h1-5,12-13,15,18,33H,6-11,14H2,(H,35,36). The number of benzene rings is 2. The van der Waals surface area contributed by atoms with E-state index in [4.69, 9.17) is 0 Å². The summed E-state index contributed by atoms with van der Waals surface area (Å²) >= 11 is 0. The van der Waals surface area contributed by atoms with Crippen LogP contribution in [0.1, 0.15) is 34.9 Å². The lowest BCUT2D eigenvalue weighted by Gasteiger charge is -2.36. The SMILES string of the molecule is O=C(O)c1cn(C2CC2)c2cc(N3CCN(Cc4ccc5cccc(O)c5n4)CC3)c(F)cc2c1=O. The number of carboxylic acid groups (broad SMARTS) is 1. The monoisotopic (exact) mass is 488 g/mol. The summed E-state index contributed by atoms with van der Waals surface area (Å²) < 4.78 is 17.0. The minimum absolute atomic E-state index is 0.104. The van der Waals surface area contributed by atoms with Gasteiger partial charge >= 0.3 is 5.97 Å². The van der Waals surface area contributed by atoms with Crippen molar-refractivity contribution in [1.29, 1.82) is 0 Å². The van der Waals surface area contributed by atoms with Crippen molar-refractivity contribution >= 4 is 33.5 Å². The molecule has 0 amide bonds. The van der Waals surface area contributed by atoms with Crippen molar-refractivity contribution in [1.82, 2.24) is 14.5 Å². The molecule has 2 aromatic carbocycles. The minimum atomic E-state index is -1.30. The zero-order chi connectivity index (χ0) is 25.0. The number of rotatable bonds is 5. The molecule has 0 bridgehead atoms. The van der Waals surface area contributed by atoms with Gasteiger partial charge in [-0.2, -0.15) is 0 Å². The van der Waals surface area contributed by atoms with Gasteiger partial charge in [0.25, 0.3) is 0 Å². The molecular weight excluding hydrogens is 463 g/mol. The number of pyridine rings is 2. The van der Waals surface area contributed by atoms with E-state index in [-0.39, 0.29) is 22.7 Å². The van der Waals surface area contributed by atoms with E-state index in [9.17, 15) is 19.8 Å². The first-order valence-electron chi connectivity index (χ1n) is 12.1. The zero-order valence-corrected chi connectivity index (χ0v) is 19.5. The molecule has 1 saturated carbocycles.